The van der Waals surface area contributed by atoms with E-state index in [-0.39, 0.29) is 6.42 Å². The van der Waals surface area contributed by atoms with Gasteiger partial charge in [-0.25, -0.2) is 4.98 Å². The largest absolute Gasteiger partial charge is 0.481 e. The van der Waals surface area contributed by atoms with Crippen LogP contribution in [0.15, 0.2) is 6.20 Å². The zero-order valence-electron chi connectivity index (χ0n) is 8.82. The third kappa shape index (κ3) is 2.87. The van der Waals surface area contributed by atoms with Crippen molar-refractivity contribution >= 4 is 5.97 Å². The number of nitrogens with zero attached hydrogens (tertiary/aromatic N) is 2. The van der Waals surface area contributed by atoms with Crippen molar-refractivity contribution in [1.82, 2.24) is 9.55 Å². The standard InChI is InChI=1S/C10H16N2O2/c1-7(2)4-8-6-12(3)9(11-8)5-10(13)14/h6-7H,4-5H2,1-3H3,(H,13,14). The van der Waals surface area contributed by atoms with Gasteiger partial charge in [0.15, 0.2) is 0 Å². The molecule has 1 aromatic rings. The van der Waals surface area contributed by atoms with Gasteiger partial charge < -0.3 is 9.67 Å². The Morgan fingerprint density at radius 3 is 2.79 bits per heavy atom. The summed E-state index contributed by atoms with van der Waals surface area (Å²) >= 11 is 0. The molecule has 0 fully saturated rings. The molecule has 14 heavy (non-hydrogen) atoms. The van der Waals surface area contributed by atoms with Crippen molar-refractivity contribution in [3.63, 3.8) is 0 Å². The number of aliphatic carboxylic acids is 1. The highest BCUT2D eigenvalue weighted by Gasteiger charge is 2.09. The molecule has 1 N–H and O–H groups in total. The number of carboxylic acid groups (broad SMARTS) is 1. The lowest BCUT2D eigenvalue weighted by Gasteiger charge is -1.98. The molecule has 4 heteroatoms. The second-order valence-corrected chi connectivity index (χ2v) is 3.93. The SMILES string of the molecule is CC(C)Cc1cn(C)c(CC(=O)O)n1. The molecule has 4 nitrogen and oxygen atoms in total. The van der Waals surface area contributed by atoms with Gasteiger partial charge in [0.25, 0.3) is 0 Å². The van der Waals surface area contributed by atoms with E-state index >= 15 is 0 Å². The van der Waals surface area contributed by atoms with E-state index in [0.29, 0.717) is 11.7 Å². The van der Waals surface area contributed by atoms with Crippen molar-refractivity contribution in [1.29, 1.82) is 0 Å². The predicted molar refractivity (Wildman–Crippen MR) is 53.1 cm³/mol. The van der Waals surface area contributed by atoms with Gasteiger partial charge in [-0.2, -0.15) is 0 Å². The first-order valence-corrected chi connectivity index (χ1v) is 4.72. The van der Waals surface area contributed by atoms with Crippen LogP contribution in [0.5, 0.6) is 0 Å². The van der Waals surface area contributed by atoms with E-state index in [4.69, 9.17) is 5.11 Å². The first kappa shape index (κ1) is 10.8. The monoisotopic (exact) mass is 196 g/mol. The minimum Gasteiger partial charge on any atom is -0.481 e. The van der Waals surface area contributed by atoms with Gasteiger partial charge in [0.1, 0.15) is 12.2 Å². The average molecular weight is 196 g/mol. The Kier molecular flexibility index (Phi) is 3.28. The summed E-state index contributed by atoms with van der Waals surface area (Å²) in [6, 6.07) is 0. The fraction of sp³-hybridized carbons (Fsp3) is 0.600. The van der Waals surface area contributed by atoms with Crippen LogP contribution in [-0.4, -0.2) is 20.6 Å². The van der Waals surface area contributed by atoms with Gasteiger partial charge in [-0.15, -0.1) is 0 Å². The lowest BCUT2D eigenvalue weighted by molar-refractivity contribution is -0.136. The molecule has 0 atom stereocenters. The Hall–Kier alpha value is -1.32. The molecule has 0 amide bonds. The highest BCUT2D eigenvalue weighted by atomic mass is 16.4. The van der Waals surface area contributed by atoms with Crippen LogP contribution in [0.2, 0.25) is 0 Å². The maximum atomic E-state index is 10.5. The minimum atomic E-state index is -0.838. The molecule has 78 valence electrons. The van der Waals surface area contributed by atoms with Gasteiger partial charge in [-0.1, -0.05) is 13.8 Å². The normalized spacial score (nSPS) is 10.9. The summed E-state index contributed by atoms with van der Waals surface area (Å²) in [4.78, 5) is 14.8. The number of imidazole rings is 1. The molecule has 0 aliphatic heterocycles. The van der Waals surface area contributed by atoms with Crippen molar-refractivity contribution in [2.75, 3.05) is 0 Å². The van der Waals surface area contributed by atoms with Gasteiger partial charge in [0.2, 0.25) is 0 Å². The van der Waals surface area contributed by atoms with Crippen LogP contribution >= 0.6 is 0 Å². The summed E-state index contributed by atoms with van der Waals surface area (Å²) in [6.07, 6.45) is 2.79. The molecule has 0 unspecified atom stereocenters. The summed E-state index contributed by atoms with van der Waals surface area (Å²) in [6.45, 7) is 4.23. The molecule has 1 rings (SSSR count). The Bertz CT molecular complexity index is 329. The van der Waals surface area contributed by atoms with E-state index in [9.17, 15) is 4.79 Å². The first-order valence-electron chi connectivity index (χ1n) is 4.72. The van der Waals surface area contributed by atoms with Crippen LogP contribution in [0.25, 0.3) is 0 Å². The highest BCUT2D eigenvalue weighted by Crippen LogP contribution is 2.08. The molecule has 0 aromatic carbocycles. The molecule has 0 saturated heterocycles. The number of rotatable bonds is 4. The van der Waals surface area contributed by atoms with Gasteiger partial charge in [-0.05, 0) is 12.3 Å². The molecular formula is C10H16N2O2. The van der Waals surface area contributed by atoms with Crippen LogP contribution in [-0.2, 0) is 24.7 Å². The Morgan fingerprint density at radius 2 is 2.29 bits per heavy atom. The molecule has 0 saturated carbocycles. The van der Waals surface area contributed by atoms with Crippen LogP contribution in [0.3, 0.4) is 0 Å². The number of hydrogen-bond donors (Lipinski definition) is 1. The maximum Gasteiger partial charge on any atom is 0.311 e. The van der Waals surface area contributed by atoms with Crippen molar-refractivity contribution in [3.05, 3.63) is 17.7 Å². The van der Waals surface area contributed by atoms with Gasteiger partial charge >= 0.3 is 5.97 Å². The molecule has 0 radical (unpaired) electrons. The van der Waals surface area contributed by atoms with E-state index in [2.05, 4.69) is 18.8 Å². The molecule has 1 heterocycles. The summed E-state index contributed by atoms with van der Waals surface area (Å²) < 4.78 is 1.78. The molecule has 0 aliphatic carbocycles. The quantitative estimate of drug-likeness (QED) is 0.788. The summed E-state index contributed by atoms with van der Waals surface area (Å²) in [7, 11) is 1.83. The second-order valence-electron chi connectivity index (χ2n) is 3.93. The van der Waals surface area contributed by atoms with Crippen LogP contribution in [0.1, 0.15) is 25.4 Å². The third-order valence-electron chi connectivity index (χ3n) is 1.95. The van der Waals surface area contributed by atoms with E-state index in [0.717, 1.165) is 12.1 Å². The van der Waals surface area contributed by atoms with Gasteiger partial charge in [0, 0.05) is 13.2 Å². The topological polar surface area (TPSA) is 55.1 Å². The number of carbonyl (C=O) groups is 1. The van der Waals surface area contributed by atoms with Crippen LogP contribution in [0, 0.1) is 5.92 Å². The number of carboxylic acids is 1. The van der Waals surface area contributed by atoms with Gasteiger partial charge in [-0.3, -0.25) is 4.79 Å². The summed E-state index contributed by atoms with van der Waals surface area (Å²) in [5.41, 5.74) is 0.971. The molecule has 1 aromatic heterocycles. The molecule has 0 aliphatic rings. The third-order valence-corrected chi connectivity index (χ3v) is 1.95. The van der Waals surface area contributed by atoms with E-state index in [1.54, 1.807) is 4.57 Å². The van der Waals surface area contributed by atoms with Crippen molar-refractivity contribution in [2.24, 2.45) is 13.0 Å². The fourth-order valence-electron chi connectivity index (χ4n) is 1.39. The average Bonchev–Trinajstić information content (AvgIpc) is 2.28. The molecular weight excluding hydrogens is 180 g/mol. The zero-order valence-corrected chi connectivity index (χ0v) is 8.82. The Labute approximate surface area is 83.6 Å². The van der Waals surface area contributed by atoms with Gasteiger partial charge in [0.05, 0.1) is 5.69 Å². The maximum absolute atomic E-state index is 10.5. The highest BCUT2D eigenvalue weighted by molar-refractivity contribution is 5.69. The van der Waals surface area contributed by atoms with Crippen LogP contribution in [0.4, 0.5) is 0 Å². The summed E-state index contributed by atoms with van der Waals surface area (Å²) in [5.74, 6) is 0.325. The molecule has 0 spiro atoms. The zero-order chi connectivity index (χ0) is 10.7. The minimum absolute atomic E-state index is 0.00536. The van der Waals surface area contributed by atoms with Crippen molar-refractivity contribution in [3.8, 4) is 0 Å². The summed E-state index contributed by atoms with van der Waals surface area (Å²) in [5, 5.41) is 8.63. The molecule has 0 bridgehead atoms. The number of aryl methyl sites for hydroxylation is 1. The number of hydrogen-bond acceptors (Lipinski definition) is 2. The first-order chi connectivity index (χ1) is 6.49. The predicted octanol–water partition coefficient (Wildman–Crippen LogP) is 1.25. The van der Waals surface area contributed by atoms with E-state index < -0.39 is 5.97 Å². The number of aromatic nitrogens is 2. The second kappa shape index (κ2) is 4.26. The van der Waals surface area contributed by atoms with E-state index in [1.165, 1.54) is 0 Å². The van der Waals surface area contributed by atoms with E-state index in [1.807, 2.05) is 13.2 Å². The Morgan fingerprint density at radius 1 is 1.64 bits per heavy atom. The van der Waals surface area contributed by atoms with Crippen molar-refractivity contribution < 1.29 is 9.90 Å². The fourth-order valence-corrected chi connectivity index (χ4v) is 1.39. The Balaban J connectivity index is 2.76. The van der Waals surface area contributed by atoms with Crippen LogP contribution < -0.4 is 0 Å². The van der Waals surface area contributed by atoms with Crippen molar-refractivity contribution in [2.45, 2.75) is 26.7 Å². The lowest BCUT2D eigenvalue weighted by atomic mass is 10.1. The lowest BCUT2D eigenvalue weighted by Crippen LogP contribution is -2.06. The smallest absolute Gasteiger partial charge is 0.311 e.